The van der Waals surface area contributed by atoms with Gasteiger partial charge < -0.3 is 14.4 Å². The molecule has 3 unspecified atom stereocenters. The molecule has 1 N–H and O–H groups in total. The van der Waals surface area contributed by atoms with E-state index < -0.39 is 17.7 Å². The molecule has 4 rings (SSSR count). The highest BCUT2D eigenvalue weighted by molar-refractivity contribution is 5.85. The summed E-state index contributed by atoms with van der Waals surface area (Å²) in [6, 6.07) is 7.78. The molecule has 0 bridgehead atoms. The summed E-state index contributed by atoms with van der Waals surface area (Å²) in [5, 5.41) is 18.3. The van der Waals surface area contributed by atoms with Crippen molar-refractivity contribution in [3.63, 3.8) is 0 Å². The van der Waals surface area contributed by atoms with Gasteiger partial charge in [-0.25, -0.2) is 0 Å². The molecule has 2 aliphatic rings. The number of likely N-dealkylation sites (tertiary alicyclic amines) is 1. The van der Waals surface area contributed by atoms with E-state index in [2.05, 4.69) is 10.2 Å². The lowest BCUT2D eigenvalue weighted by molar-refractivity contribution is -0.251. The van der Waals surface area contributed by atoms with Gasteiger partial charge in [-0.3, -0.25) is 4.79 Å². The summed E-state index contributed by atoms with van der Waals surface area (Å²) in [7, 11) is 0. The van der Waals surface area contributed by atoms with Crippen LogP contribution in [0.5, 0.6) is 0 Å². The number of aryl methyl sites for hydroxylation is 1. The number of piperidine rings is 1. The zero-order valence-corrected chi connectivity index (χ0v) is 17.7. The number of hydrogen-bond donors (Lipinski definition) is 1. The molecule has 3 atom stereocenters. The van der Waals surface area contributed by atoms with Crippen molar-refractivity contribution in [2.24, 2.45) is 11.8 Å². The SMILES string of the molecule is Cc1ccc(-c2nnc(C3(C4CCN(C(=O)C(C)(O)C(F)(F)F)CC4C)CC3)o2)cc1. The van der Waals surface area contributed by atoms with Crippen LogP contribution in [-0.4, -0.2) is 51.0 Å². The van der Waals surface area contributed by atoms with E-state index in [1.165, 1.54) is 0 Å². The minimum absolute atomic E-state index is 0.0704. The number of amides is 1. The van der Waals surface area contributed by atoms with Gasteiger partial charge >= 0.3 is 6.18 Å². The van der Waals surface area contributed by atoms with Gasteiger partial charge in [-0.15, -0.1) is 10.2 Å². The lowest BCUT2D eigenvalue weighted by Crippen LogP contribution is -2.58. The summed E-state index contributed by atoms with van der Waals surface area (Å²) in [6.45, 7) is 4.73. The number of aliphatic hydroxyl groups is 1. The van der Waals surface area contributed by atoms with Gasteiger partial charge in [0.05, 0.1) is 5.41 Å². The lowest BCUT2D eigenvalue weighted by Gasteiger charge is -2.42. The Morgan fingerprint density at radius 1 is 1.23 bits per heavy atom. The monoisotopic (exact) mass is 437 g/mol. The van der Waals surface area contributed by atoms with Gasteiger partial charge in [0.2, 0.25) is 17.4 Å². The zero-order chi connectivity index (χ0) is 22.6. The molecule has 31 heavy (non-hydrogen) atoms. The Morgan fingerprint density at radius 3 is 2.42 bits per heavy atom. The third-order valence-corrected chi connectivity index (χ3v) is 6.81. The van der Waals surface area contributed by atoms with Crippen LogP contribution in [-0.2, 0) is 10.2 Å². The van der Waals surface area contributed by atoms with Crippen molar-refractivity contribution >= 4 is 5.91 Å². The van der Waals surface area contributed by atoms with Crippen LogP contribution in [0.3, 0.4) is 0 Å². The van der Waals surface area contributed by atoms with Gasteiger partial charge in [0.1, 0.15) is 0 Å². The highest BCUT2D eigenvalue weighted by atomic mass is 19.4. The number of carbonyl (C=O) groups excluding carboxylic acids is 1. The number of nitrogens with zero attached hydrogens (tertiary/aromatic N) is 3. The van der Waals surface area contributed by atoms with Gasteiger partial charge in [0.15, 0.2) is 0 Å². The van der Waals surface area contributed by atoms with E-state index in [0.29, 0.717) is 25.1 Å². The first-order chi connectivity index (χ1) is 14.5. The normalized spacial score (nSPS) is 25.2. The molecule has 1 saturated heterocycles. The number of rotatable bonds is 4. The molecular formula is C22H26F3N3O3. The molecule has 1 aliphatic carbocycles. The van der Waals surface area contributed by atoms with Crippen molar-refractivity contribution in [2.75, 3.05) is 13.1 Å². The summed E-state index contributed by atoms with van der Waals surface area (Å²) in [4.78, 5) is 13.5. The lowest BCUT2D eigenvalue weighted by atomic mass is 9.74. The molecule has 2 fully saturated rings. The number of aromatic nitrogens is 2. The van der Waals surface area contributed by atoms with Gasteiger partial charge in [-0.2, -0.15) is 13.2 Å². The molecular weight excluding hydrogens is 411 g/mol. The maximum Gasteiger partial charge on any atom is 0.426 e. The van der Waals surface area contributed by atoms with Crippen molar-refractivity contribution in [3.8, 4) is 11.5 Å². The predicted octanol–water partition coefficient (Wildman–Crippen LogP) is 3.87. The highest BCUT2D eigenvalue weighted by Gasteiger charge is 2.60. The van der Waals surface area contributed by atoms with E-state index >= 15 is 0 Å². The van der Waals surface area contributed by atoms with Crippen LogP contribution in [0.25, 0.3) is 11.5 Å². The summed E-state index contributed by atoms with van der Waals surface area (Å²) in [5.74, 6) is -0.253. The molecule has 6 nitrogen and oxygen atoms in total. The summed E-state index contributed by atoms with van der Waals surface area (Å²) >= 11 is 0. The minimum atomic E-state index is -5.02. The Labute approximate surface area is 178 Å². The predicted molar refractivity (Wildman–Crippen MR) is 106 cm³/mol. The van der Waals surface area contributed by atoms with Crippen molar-refractivity contribution in [2.45, 2.75) is 57.2 Å². The first-order valence-electron chi connectivity index (χ1n) is 10.5. The maximum atomic E-state index is 13.1. The topological polar surface area (TPSA) is 79.5 Å². The fraction of sp³-hybridized carbons (Fsp3) is 0.591. The highest BCUT2D eigenvalue weighted by Crippen LogP contribution is 2.58. The van der Waals surface area contributed by atoms with E-state index in [1.807, 2.05) is 38.1 Å². The van der Waals surface area contributed by atoms with Crippen LogP contribution in [0.4, 0.5) is 13.2 Å². The molecule has 0 radical (unpaired) electrons. The number of halogens is 3. The third-order valence-electron chi connectivity index (χ3n) is 6.81. The summed E-state index contributed by atoms with van der Waals surface area (Å²) in [6.07, 6.45) is -2.77. The number of hydrogen-bond acceptors (Lipinski definition) is 5. The van der Waals surface area contributed by atoms with Crippen LogP contribution in [0.2, 0.25) is 0 Å². The molecule has 1 saturated carbocycles. The molecule has 1 aromatic heterocycles. The largest absolute Gasteiger partial charge is 0.426 e. The molecule has 2 aromatic rings. The van der Waals surface area contributed by atoms with E-state index in [0.717, 1.165) is 28.9 Å². The Bertz CT molecular complexity index is 964. The Morgan fingerprint density at radius 2 is 1.87 bits per heavy atom. The zero-order valence-electron chi connectivity index (χ0n) is 17.7. The molecule has 0 spiro atoms. The molecule has 2 heterocycles. The molecule has 9 heteroatoms. The van der Waals surface area contributed by atoms with Crippen molar-refractivity contribution in [1.29, 1.82) is 0 Å². The molecule has 1 amide bonds. The summed E-state index contributed by atoms with van der Waals surface area (Å²) < 4.78 is 45.2. The number of alkyl halides is 3. The summed E-state index contributed by atoms with van der Waals surface area (Å²) in [5.41, 5.74) is -1.71. The van der Waals surface area contributed by atoms with E-state index in [1.54, 1.807) is 0 Å². The second-order valence-electron chi connectivity index (χ2n) is 9.13. The van der Waals surface area contributed by atoms with Gasteiger partial charge in [0.25, 0.3) is 5.91 Å². The average molecular weight is 437 g/mol. The molecule has 1 aliphatic heterocycles. The van der Waals surface area contributed by atoms with Crippen LogP contribution in [0.15, 0.2) is 28.7 Å². The average Bonchev–Trinajstić information content (AvgIpc) is 3.35. The quantitative estimate of drug-likeness (QED) is 0.786. The Balaban J connectivity index is 1.49. The van der Waals surface area contributed by atoms with Crippen LogP contribution >= 0.6 is 0 Å². The minimum Gasteiger partial charge on any atom is -0.420 e. The first-order valence-corrected chi connectivity index (χ1v) is 10.5. The van der Waals surface area contributed by atoms with E-state index in [4.69, 9.17) is 4.42 Å². The number of benzene rings is 1. The fourth-order valence-electron chi connectivity index (χ4n) is 4.70. The third kappa shape index (κ3) is 3.73. The van der Waals surface area contributed by atoms with Crippen molar-refractivity contribution in [1.82, 2.24) is 15.1 Å². The number of carbonyl (C=O) groups is 1. The molecule has 1 aromatic carbocycles. The van der Waals surface area contributed by atoms with Crippen LogP contribution in [0, 0.1) is 18.8 Å². The van der Waals surface area contributed by atoms with E-state index in [-0.39, 0.29) is 30.3 Å². The second-order valence-corrected chi connectivity index (χ2v) is 9.13. The Kier molecular flexibility index (Phi) is 5.15. The Hall–Kier alpha value is -2.42. The molecule has 168 valence electrons. The standard InChI is InChI=1S/C22H26F3N3O3/c1-13-4-6-15(7-5-13)17-26-27-18(31-17)21(9-10-21)16-8-11-28(12-14(16)2)19(29)20(3,30)22(23,24)25/h4-7,14,16,30H,8-12H2,1-3H3. The second kappa shape index (κ2) is 7.32. The van der Waals surface area contributed by atoms with Crippen molar-refractivity contribution in [3.05, 3.63) is 35.7 Å². The van der Waals surface area contributed by atoms with Crippen molar-refractivity contribution < 1.29 is 27.5 Å². The fourth-order valence-corrected chi connectivity index (χ4v) is 4.70. The van der Waals surface area contributed by atoms with E-state index in [9.17, 15) is 23.1 Å². The van der Waals surface area contributed by atoms with Gasteiger partial charge in [0, 0.05) is 18.7 Å². The van der Waals surface area contributed by atoms with Gasteiger partial charge in [-0.05, 0) is 57.1 Å². The maximum absolute atomic E-state index is 13.1. The first kappa shape index (κ1) is 21.8. The smallest absolute Gasteiger partial charge is 0.420 e. The van der Waals surface area contributed by atoms with Crippen LogP contribution < -0.4 is 0 Å². The van der Waals surface area contributed by atoms with Gasteiger partial charge in [-0.1, -0.05) is 24.6 Å². The van der Waals surface area contributed by atoms with Crippen LogP contribution in [0.1, 0.15) is 44.6 Å².